The lowest BCUT2D eigenvalue weighted by atomic mass is 9.85. The van der Waals surface area contributed by atoms with Crippen molar-refractivity contribution in [3.8, 4) is 0 Å². The highest BCUT2D eigenvalue weighted by Crippen LogP contribution is 2.29. The van der Waals surface area contributed by atoms with Gasteiger partial charge in [-0.15, -0.1) is 0 Å². The van der Waals surface area contributed by atoms with Crippen molar-refractivity contribution in [2.75, 3.05) is 6.61 Å². The van der Waals surface area contributed by atoms with Crippen LogP contribution in [-0.2, 0) is 5.41 Å². The summed E-state index contributed by atoms with van der Waals surface area (Å²) in [7, 11) is 0. The summed E-state index contributed by atoms with van der Waals surface area (Å²) in [5.74, 6) is 1.00. The molecule has 1 aromatic carbocycles. The average molecular weight is 270 g/mol. The van der Waals surface area contributed by atoms with Gasteiger partial charge in [0.05, 0.1) is 6.61 Å². The first-order valence-corrected chi connectivity index (χ1v) is 5.88. The van der Waals surface area contributed by atoms with Crippen molar-refractivity contribution in [1.29, 1.82) is 0 Å². The molecule has 1 radical (unpaired) electrons. The fourth-order valence-electron chi connectivity index (χ4n) is 1.36. The summed E-state index contributed by atoms with van der Waals surface area (Å²) < 4.78 is 1.07. The van der Waals surface area contributed by atoms with Crippen molar-refractivity contribution in [2.45, 2.75) is 33.1 Å². The lowest BCUT2D eigenvalue weighted by Crippen LogP contribution is -2.12. The average Bonchev–Trinajstić information content (AvgIpc) is 2.14. The predicted molar refractivity (Wildman–Crippen MR) is 67.9 cm³/mol. The molecule has 0 fully saturated rings. The molecule has 0 atom stereocenters. The number of benzene rings is 1. The number of rotatable bonds is 2. The fourth-order valence-corrected chi connectivity index (χ4v) is 1.85. The normalized spacial score (nSPS) is 12.2. The van der Waals surface area contributed by atoms with E-state index < -0.39 is 0 Å². The molecule has 83 valence electrons. The van der Waals surface area contributed by atoms with E-state index in [1.54, 1.807) is 0 Å². The van der Waals surface area contributed by atoms with Gasteiger partial charge in [-0.1, -0.05) is 49.7 Å². The van der Waals surface area contributed by atoms with Crippen molar-refractivity contribution in [2.24, 2.45) is 0 Å². The molecule has 2 heteroatoms. The van der Waals surface area contributed by atoms with Gasteiger partial charge in [0.15, 0.2) is 0 Å². The Morgan fingerprint density at radius 1 is 1.27 bits per heavy atom. The third-order valence-corrected chi connectivity index (χ3v) is 2.95. The summed E-state index contributed by atoms with van der Waals surface area (Å²) in [5.41, 5.74) is 2.52. The molecule has 1 nitrogen and oxygen atoms in total. The van der Waals surface area contributed by atoms with E-state index in [0.717, 1.165) is 16.0 Å². The molecule has 0 aliphatic heterocycles. The maximum atomic E-state index is 9.12. The van der Waals surface area contributed by atoms with Crippen LogP contribution >= 0.6 is 15.9 Å². The number of halogens is 1. The third-order valence-electron chi connectivity index (χ3n) is 2.49. The molecule has 1 aromatic rings. The Kier molecular flexibility index (Phi) is 3.96. The van der Waals surface area contributed by atoms with Crippen LogP contribution in [0.4, 0.5) is 0 Å². The lowest BCUT2D eigenvalue weighted by Gasteiger charge is -2.21. The van der Waals surface area contributed by atoms with E-state index in [4.69, 9.17) is 5.11 Å². The van der Waals surface area contributed by atoms with E-state index in [-0.39, 0.29) is 12.0 Å². The van der Waals surface area contributed by atoms with Crippen LogP contribution in [0, 0.1) is 5.92 Å². The van der Waals surface area contributed by atoms with Crippen LogP contribution < -0.4 is 0 Å². The van der Waals surface area contributed by atoms with Crippen LogP contribution in [0.2, 0.25) is 0 Å². The van der Waals surface area contributed by atoms with E-state index in [9.17, 15) is 0 Å². The Morgan fingerprint density at radius 2 is 1.87 bits per heavy atom. The second kappa shape index (κ2) is 4.67. The summed E-state index contributed by atoms with van der Waals surface area (Å²) >= 11 is 3.51. The van der Waals surface area contributed by atoms with E-state index in [0.29, 0.717) is 0 Å². The molecule has 0 amide bonds. The zero-order chi connectivity index (χ0) is 11.6. The molecule has 1 rings (SSSR count). The number of hydrogen-bond donors (Lipinski definition) is 1. The largest absolute Gasteiger partial charge is 0.395 e. The molecule has 0 bridgehead atoms. The van der Waals surface area contributed by atoms with Gasteiger partial charge in [0.1, 0.15) is 0 Å². The maximum absolute atomic E-state index is 9.12. The quantitative estimate of drug-likeness (QED) is 0.869. The zero-order valence-electron chi connectivity index (χ0n) is 9.76. The minimum absolute atomic E-state index is 0.111. The number of aliphatic hydroxyl groups excluding tert-OH is 1. The standard InChI is InChI=1S/C13H18BrO/c1-9(8-15)10-5-11(13(2,3)4)7-12(14)6-10/h5-7,15H,8H2,1-4H3. The topological polar surface area (TPSA) is 20.2 Å². The van der Waals surface area contributed by atoms with Gasteiger partial charge < -0.3 is 5.11 Å². The van der Waals surface area contributed by atoms with Crippen molar-refractivity contribution in [1.82, 2.24) is 0 Å². The van der Waals surface area contributed by atoms with Gasteiger partial charge in [0.25, 0.3) is 0 Å². The second-order valence-corrected chi connectivity index (χ2v) is 5.83. The lowest BCUT2D eigenvalue weighted by molar-refractivity contribution is 0.315. The minimum Gasteiger partial charge on any atom is -0.395 e. The van der Waals surface area contributed by atoms with Crippen LogP contribution in [0.5, 0.6) is 0 Å². The first kappa shape index (κ1) is 12.7. The maximum Gasteiger partial charge on any atom is 0.0534 e. The van der Waals surface area contributed by atoms with Crippen LogP contribution in [0.1, 0.15) is 38.8 Å². The number of hydrogen-bond acceptors (Lipinski definition) is 1. The summed E-state index contributed by atoms with van der Waals surface area (Å²) in [6.07, 6.45) is 0. The van der Waals surface area contributed by atoms with Crippen LogP contribution in [0.25, 0.3) is 0 Å². The molecule has 0 spiro atoms. The van der Waals surface area contributed by atoms with Crippen LogP contribution in [0.3, 0.4) is 0 Å². The minimum atomic E-state index is 0.111. The van der Waals surface area contributed by atoms with Crippen molar-refractivity contribution < 1.29 is 5.11 Å². The molecule has 15 heavy (non-hydrogen) atoms. The van der Waals surface area contributed by atoms with Gasteiger partial charge in [-0.3, -0.25) is 0 Å². The first-order valence-electron chi connectivity index (χ1n) is 5.09. The van der Waals surface area contributed by atoms with Gasteiger partial charge >= 0.3 is 0 Å². The highest BCUT2D eigenvalue weighted by atomic mass is 79.9. The smallest absolute Gasteiger partial charge is 0.0534 e. The summed E-state index contributed by atoms with van der Waals surface area (Å²) in [6.45, 7) is 8.63. The van der Waals surface area contributed by atoms with Crippen molar-refractivity contribution in [3.63, 3.8) is 0 Å². The summed E-state index contributed by atoms with van der Waals surface area (Å²) in [4.78, 5) is 0. The van der Waals surface area contributed by atoms with Gasteiger partial charge in [0, 0.05) is 10.4 Å². The summed E-state index contributed by atoms with van der Waals surface area (Å²) in [5, 5.41) is 9.12. The van der Waals surface area contributed by atoms with Crippen LogP contribution in [-0.4, -0.2) is 11.7 Å². The molecule has 0 heterocycles. The number of aliphatic hydroxyl groups is 1. The highest BCUT2D eigenvalue weighted by Gasteiger charge is 2.16. The predicted octanol–water partition coefficient (Wildman–Crippen LogP) is 3.68. The Balaban J connectivity index is 3.17. The molecule has 0 saturated carbocycles. The third kappa shape index (κ3) is 3.32. The van der Waals surface area contributed by atoms with Gasteiger partial charge in [-0.05, 0) is 28.7 Å². The molecule has 0 saturated heterocycles. The molecule has 1 N–H and O–H groups in total. The Bertz CT molecular complexity index is 339. The molecule has 0 unspecified atom stereocenters. The highest BCUT2D eigenvalue weighted by molar-refractivity contribution is 9.10. The molecule has 0 aliphatic rings. The molecule has 0 aliphatic carbocycles. The fraction of sp³-hybridized carbons (Fsp3) is 0.462. The Morgan fingerprint density at radius 3 is 2.33 bits per heavy atom. The van der Waals surface area contributed by atoms with Crippen molar-refractivity contribution in [3.05, 3.63) is 39.7 Å². The molecular weight excluding hydrogens is 252 g/mol. The monoisotopic (exact) mass is 269 g/mol. The van der Waals surface area contributed by atoms with Crippen LogP contribution in [0.15, 0.2) is 22.7 Å². The first-order chi connectivity index (χ1) is 6.84. The Labute approximate surface area is 101 Å². The van der Waals surface area contributed by atoms with Crippen molar-refractivity contribution >= 4 is 15.9 Å². The van der Waals surface area contributed by atoms with E-state index in [2.05, 4.69) is 48.8 Å². The second-order valence-electron chi connectivity index (χ2n) is 4.92. The zero-order valence-corrected chi connectivity index (χ0v) is 11.4. The molecular formula is C13H18BrO. The SMILES string of the molecule is C[C](CO)c1cc(Br)cc(C(C)(C)C)c1. The van der Waals surface area contributed by atoms with Gasteiger partial charge in [-0.25, -0.2) is 0 Å². The van der Waals surface area contributed by atoms with E-state index in [1.165, 1.54) is 5.56 Å². The Hall–Kier alpha value is -0.340. The van der Waals surface area contributed by atoms with E-state index in [1.807, 2.05) is 13.0 Å². The molecule has 0 aromatic heterocycles. The van der Waals surface area contributed by atoms with Gasteiger partial charge in [-0.2, -0.15) is 0 Å². The van der Waals surface area contributed by atoms with E-state index >= 15 is 0 Å². The van der Waals surface area contributed by atoms with Gasteiger partial charge in [0.2, 0.25) is 0 Å². The summed E-state index contributed by atoms with van der Waals surface area (Å²) in [6, 6.07) is 6.32.